The number of carbonyl (C=O) groups is 1. The Kier molecular flexibility index (Phi) is 7.91. The molecule has 1 fully saturated rings. The topological polar surface area (TPSA) is 186 Å². The van der Waals surface area contributed by atoms with Gasteiger partial charge in [-0.1, -0.05) is 36.4 Å². The summed E-state index contributed by atoms with van der Waals surface area (Å²) in [6.07, 6.45) is 2.77. The number of nitrogens with two attached hydrogens (primary N) is 2. The van der Waals surface area contributed by atoms with Crippen LogP contribution in [-0.4, -0.2) is 89.7 Å². The molecule has 0 unspecified atom stereocenters. The van der Waals surface area contributed by atoms with Gasteiger partial charge in [-0.15, -0.1) is 0 Å². The number of nitrogens with zero attached hydrogens (tertiary/aromatic N) is 5. The molecule has 0 bridgehead atoms. The van der Waals surface area contributed by atoms with Gasteiger partial charge in [0.2, 0.25) is 0 Å². The molecule has 5 atom stereocenters. The Morgan fingerprint density at radius 3 is 2.78 bits per heavy atom. The van der Waals surface area contributed by atoms with Crippen molar-refractivity contribution in [2.45, 2.75) is 43.9 Å². The van der Waals surface area contributed by atoms with Crippen molar-refractivity contribution in [1.29, 1.82) is 0 Å². The van der Waals surface area contributed by atoms with Crippen LogP contribution in [0, 0.1) is 6.92 Å². The van der Waals surface area contributed by atoms with E-state index in [0.29, 0.717) is 24.3 Å². The highest BCUT2D eigenvalue weighted by Crippen LogP contribution is 2.32. The number of hydrogen-bond donors (Lipinski definition) is 5. The fourth-order valence-electron chi connectivity index (χ4n) is 4.23. The summed E-state index contributed by atoms with van der Waals surface area (Å²) in [6.45, 7) is 3.08. The van der Waals surface area contributed by atoms with Gasteiger partial charge < -0.3 is 31.5 Å². The number of aliphatic hydroxyl groups is 2. The predicted octanol–water partition coefficient (Wildman–Crippen LogP) is 0.154. The largest absolute Gasteiger partial charge is 0.480 e. The second-order valence-electron chi connectivity index (χ2n) is 8.88. The van der Waals surface area contributed by atoms with Gasteiger partial charge >= 0.3 is 5.97 Å². The fourth-order valence-corrected chi connectivity index (χ4v) is 4.23. The number of aryl methyl sites for hydroxylation is 1. The summed E-state index contributed by atoms with van der Waals surface area (Å²) in [4.78, 5) is 25.4. The van der Waals surface area contributed by atoms with Crippen LogP contribution >= 0.6 is 0 Å². The first-order chi connectivity index (χ1) is 17.3. The zero-order chi connectivity index (χ0) is 25.8. The van der Waals surface area contributed by atoms with E-state index >= 15 is 0 Å². The second kappa shape index (κ2) is 11.1. The normalized spacial score (nSPS) is 23.1. The Balaban J connectivity index is 1.49. The molecule has 2 aromatic heterocycles. The van der Waals surface area contributed by atoms with Crippen molar-refractivity contribution in [3.05, 3.63) is 54.1 Å². The number of aromatic nitrogens is 4. The molecular weight excluding hydrogens is 466 g/mol. The highest BCUT2D eigenvalue weighted by atomic mass is 16.6. The van der Waals surface area contributed by atoms with Crippen LogP contribution < -0.4 is 11.5 Å². The zero-order valence-electron chi connectivity index (χ0n) is 19.9. The highest BCUT2D eigenvalue weighted by Gasteiger charge is 2.44. The molecule has 4 rings (SSSR count). The van der Waals surface area contributed by atoms with E-state index in [1.165, 1.54) is 17.2 Å². The van der Waals surface area contributed by atoms with Crippen LogP contribution in [0.5, 0.6) is 0 Å². The van der Waals surface area contributed by atoms with Crippen LogP contribution in [0.3, 0.4) is 0 Å². The third-order valence-electron chi connectivity index (χ3n) is 6.36. The number of imidazole rings is 1. The van der Waals surface area contributed by atoms with Gasteiger partial charge in [-0.25, -0.2) is 15.0 Å². The molecule has 12 heteroatoms. The van der Waals surface area contributed by atoms with Gasteiger partial charge in [0.1, 0.15) is 36.2 Å². The van der Waals surface area contributed by atoms with Crippen molar-refractivity contribution < 1.29 is 24.9 Å². The van der Waals surface area contributed by atoms with E-state index in [1.807, 2.05) is 48.2 Å². The SMILES string of the molecule is Cc1ccccc1/C=C/CN(CC[C@H](N)C(=O)O)C[C@H]1O[C@@H](n2cnc3c(N)ncnc32)[C@H](O)[C@@H]1O. The Hall–Kier alpha value is -3.42. The fraction of sp³-hybridized carbons (Fsp3) is 0.417. The number of rotatable bonds is 10. The maximum absolute atomic E-state index is 11.2. The van der Waals surface area contributed by atoms with Crippen molar-refractivity contribution in [2.75, 3.05) is 25.4 Å². The number of fused-ring (bicyclic) bond motifs is 1. The molecule has 7 N–H and O–H groups in total. The molecule has 0 saturated carbocycles. The lowest BCUT2D eigenvalue weighted by Crippen LogP contribution is -2.42. The molecule has 0 spiro atoms. The van der Waals surface area contributed by atoms with E-state index in [4.69, 9.17) is 16.2 Å². The highest BCUT2D eigenvalue weighted by molar-refractivity contribution is 5.81. The maximum Gasteiger partial charge on any atom is 0.320 e. The minimum atomic E-state index is -1.24. The monoisotopic (exact) mass is 497 g/mol. The molecular formula is C24H31N7O5. The summed E-state index contributed by atoms with van der Waals surface area (Å²) in [5, 5.41) is 30.7. The molecule has 36 heavy (non-hydrogen) atoms. The summed E-state index contributed by atoms with van der Waals surface area (Å²) < 4.78 is 7.57. The number of carboxylic acid groups (broad SMARTS) is 1. The Morgan fingerprint density at radius 2 is 2.03 bits per heavy atom. The first kappa shape index (κ1) is 25.7. The van der Waals surface area contributed by atoms with Crippen molar-refractivity contribution in [1.82, 2.24) is 24.4 Å². The molecule has 0 amide bonds. The number of ether oxygens (including phenoxy) is 1. The lowest BCUT2D eigenvalue weighted by atomic mass is 10.1. The van der Waals surface area contributed by atoms with Crippen molar-refractivity contribution in [3.8, 4) is 0 Å². The van der Waals surface area contributed by atoms with Crippen molar-refractivity contribution >= 4 is 29.0 Å². The number of aliphatic carboxylic acids is 1. The summed E-state index contributed by atoms with van der Waals surface area (Å²) in [7, 11) is 0. The number of aliphatic hydroxyl groups excluding tert-OH is 2. The van der Waals surface area contributed by atoms with Crippen LogP contribution in [0.1, 0.15) is 23.8 Å². The van der Waals surface area contributed by atoms with E-state index in [-0.39, 0.29) is 18.8 Å². The van der Waals surface area contributed by atoms with E-state index in [0.717, 1.165) is 11.1 Å². The van der Waals surface area contributed by atoms with Crippen LogP contribution in [-0.2, 0) is 9.53 Å². The average molecular weight is 498 g/mol. The zero-order valence-corrected chi connectivity index (χ0v) is 19.9. The van der Waals surface area contributed by atoms with E-state index in [2.05, 4.69) is 15.0 Å². The summed E-state index contributed by atoms with van der Waals surface area (Å²) in [5.41, 5.74) is 14.5. The first-order valence-electron chi connectivity index (χ1n) is 11.6. The molecule has 1 saturated heterocycles. The summed E-state index contributed by atoms with van der Waals surface area (Å²) in [5.74, 6) is -0.879. The predicted molar refractivity (Wildman–Crippen MR) is 133 cm³/mol. The minimum absolute atomic E-state index is 0.199. The van der Waals surface area contributed by atoms with Gasteiger partial charge in [0.15, 0.2) is 17.7 Å². The minimum Gasteiger partial charge on any atom is -0.480 e. The average Bonchev–Trinajstić information content (AvgIpc) is 3.40. The van der Waals surface area contributed by atoms with Crippen molar-refractivity contribution in [3.63, 3.8) is 0 Å². The van der Waals surface area contributed by atoms with Crippen LogP contribution in [0.25, 0.3) is 17.2 Å². The lowest BCUT2D eigenvalue weighted by Gasteiger charge is -2.26. The molecule has 1 aliphatic heterocycles. The van der Waals surface area contributed by atoms with Crippen LogP contribution in [0.2, 0.25) is 0 Å². The Labute approximate surface area is 207 Å². The number of carboxylic acids is 1. The number of nitrogen functional groups attached to an aromatic ring is 1. The molecule has 3 aromatic rings. The number of anilines is 1. The maximum atomic E-state index is 11.2. The van der Waals surface area contributed by atoms with Crippen molar-refractivity contribution in [2.24, 2.45) is 5.73 Å². The summed E-state index contributed by atoms with van der Waals surface area (Å²) in [6, 6.07) is 6.94. The van der Waals surface area contributed by atoms with Gasteiger partial charge in [-0.3, -0.25) is 14.3 Å². The second-order valence-corrected chi connectivity index (χ2v) is 8.88. The van der Waals surface area contributed by atoms with E-state index in [9.17, 15) is 20.1 Å². The molecule has 0 aliphatic carbocycles. The standard InChI is InChI=1S/C24H31N7O5/c1-14-5-2-3-6-15(14)7-4-9-30(10-8-16(25)24(34)35)11-17-19(32)20(33)23(36-17)31-13-29-18-21(26)27-12-28-22(18)31/h2-7,12-13,16-17,19-20,23,32-33H,8-11,25H2,1H3,(H,34,35)(H2,26,27,28)/b7-4+/t16-,17+,19+,20+,23+/m0/s1. The van der Waals surface area contributed by atoms with Gasteiger partial charge in [-0.05, 0) is 24.5 Å². The first-order valence-corrected chi connectivity index (χ1v) is 11.6. The molecule has 3 heterocycles. The molecule has 12 nitrogen and oxygen atoms in total. The van der Waals surface area contributed by atoms with Gasteiger partial charge in [-0.2, -0.15) is 0 Å². The molecule has 1 aliphatic rings. The third kappa shape index (κ3) is 5.53. The molecule has 192 valence electrons. The smallest absolute Gasteiger partial charge is 0.320 e. The van der Waals surface area contributed by atoms with Gasteiger partial charge in [0, 0.05) is 19.6 Å². The quantitative estimate of drug-likeness (QED) is 0.257. The molecule has 0 radical (unpaired) electrons. The summed E-state index contributed by atoms with van der Waals surface area (Å²) >= 11 is 0. The van der Waals surface area contributed by atoms with E-state index < -0.39 is 36.6 Å². The van der Waals surface area contributed by atoms with Gasteiger partial charge in [0.25, 0.3) is 0 Å². The Morgan fingerprint density at radius 1 is 1.25 bits per heavy atom. The number of benzene rings is 1. The number of hydrogen-bond acceptors (Lipinski definition) is 10. The third-order valence-corrected chi connectivity index (χ3v) is 6.36. The van der Waals surface area contributed by atoms with E-state index in [1.54, 1.807) is 0 Å². The van der Waals surface area contributed by atoms with Crippen LogP contribution in [0.4, 0.5) is 5.82 Å². The lowest BCUT2D eigenvalue weighted by molar-refractivity contribution is -0.138. The van der Waals surface area contributed by atoms with Gasteiger partial charge in [0.05, 0.1) is 6.33 Å². The molecule has 1 aromatic carbocycles. The van der Waals surface area contributed by atoms with Crippen LogP contribution in [0.15, 0.2) is 43.0 Å². The Bertz CT molecular complexity index is 1230.